The highest BCUT2D eigenvalue weighted by molar-refractivity contribution is 6.13. The minimum atomic E-state index is -1.06. The van der Waals surface area contributed by atoms with E-state index < -0.39 is 23.7 Å². The fourth-order valence-electron chi connectivity index (χ4n) is 3.05. The Morgan fingerprint density at radius 3 is 2.67 bits per heavy atom. The second-order valence-electron chi connectivity index (χ2n) is 6.56. The second-order valence-corrected chi connectivity index (χ2v) is 6.56. The van der Waals surface area contributed by atoms with Crippen LogP contribution < -0.4 is 5.32 Å². The van der Waals surface area contributed by atoms with Gasteiger partial charge in [0.25, 0.3) is 5.91 Å². The van der Waals surface area contributed by atoms with E-state index in [0.29, 0.717) is 17.1 Å². The van der Waals surface area contributed by atoms with Crippen molar-refractivity contribution < 1.29 is 28.3 Å². The molecule has 30 heavy (non-hydrogen) atoms. The fraction of sp³-hybridized carbons (Fsp3) is 0.0455. The Kier molecular flexibility index (Phi) is 4.89. The van der Waals surface area contributed by atoms with Crippen molar-refractivity contribution in [2.24, 2.45) is 0 Å². The Balaban J connectivity index is 1.55. The van der Waals surface area contributed by atoms with Gasteiger partial charge in [-0.2, -0.15) is 0 Å². The maximum Gasteiger partial charge on any atom is 0.335 e. The highest BCUT2D eigenvalue weighted by atomic mass is 19.1. The van der Waals surface area contributed by atoms with Crippen LogP contribution in [0.4, 0.5) is 9.18 Å². The van der Waals surface area contributed by atoms with Gasteiger partial charge in [0.1, 0.15) is 23.0 Å². The molecule has 3 amide bonds. The van der Waals surface area contributed by atoms with Crippen LogP contribution in [0.15, 0.2) is 70.8 Å². The summed E-state index contributed by atoms with van der Waals surface area (Å²) in [5.41, 5.74) is 0.894. The summed E-state index contributed by atoms with van der Waals surface area (Å²) >= 11 is 0. The predicted octanol–water partition coefficient (Wildman–Crippen LogP) is 3.88. The monoisotopic (exact) mass is 406 g/mol. The summed E-state index contributed by atoms with van der Waals surface area (Å²) in [6.45, 7) is -0.194. The number of benzene rings is 2. The molecular formula is C22H15FN2O5. The first-order chi connectivity index (χ1) is 14.4. The Bertz CT molecular complexity index is 1200. The third kappa shape index (κ3) is 3.70. The normalized spacial score (nSPS) is 15.0. The molecule has 150 valence electrons. The molecule has 2 N–H and O–H groups in total. The molecule has 0 atom stereocenters. The van der Waals surface area contributed by atoms with Crippen molar-refractivity contribution in [1.29, 1.82) is 0 Å². The van der Waals surface area contributed by atoms with Gasteiger partial charge in [0.05, 0.1) is 12.1 Å². The molecular weight excluding hydrogens is 391 g/mol. The molecule has 0 unspecified atom stereocenters. The zero-order valence-corrected chi connectivity index (χ0v) is 15.5. The maximum absolute atomic E-state index is 13.8. The summed E-state index contributed by atoms with van der Waals surface area (Å²) in [7, 11) is 0. The first kappa shape index (κ1) is 19.1. The van der Waals surface area contributed by atoms with Crippen LogP contribution >= 0.6 is 0 Å². The van der Waals surface area contributed by atoms with Gasteiger partial charge >= 0.3 is 12.0 Å². The zero-order chi connectivity index (χ0) is 21.3. The highest BCUT2D eigenvalue weighted by Gasteiger charge is 2.34. The quantitative estimate of drug-likeness (QED) is 0.495. The van der Waals surface area contributed by atoms with Crippen LogP contribution in [0.3, 0.4) is 0 Å². The van der Waals surface area contributed by atoms with E-state index in [1.54, 1.807) is 30.3 Å². The van der Waals surface area contributed by atoms with Gasteiger partial charge in [0, 0.05) is 17.2 Å². The van der Waals surface area contributed by atoms with E-state index in [-0.39, 0.29) is 23.4 Å². The van der Waals surface area contributed by atoms with E-state index in [1.165, 1.54) is 36.4 Å². The maximum atomic E-state index is 13.8. The van der Waals surface area contributed by atoms with Gasteiger partial charge in [-0.25, -0.2) is 14.0 Å². The van der Waals surface area contributed by atoms with Crippen molar-refractivity contribution in [3.8, 4) is 11.3 Å². The molecule has 0 saturated carbocycles. The number of hydrogen-bond donors (Lipinski definition) is 2. The number of nitrogens with one attached hydrogen (secondary N) is 1. The van der Waals surface area contributed by atoms with E-state index in [9.17, 15) is 18.8 Å². The number of amides is 3. The van der Waals surface area contributed by atoms with E-state index in [1.807, 2.05) is 0 Å². The molecule has 2 aromatic carbocycles. The molecule has 8 heteroatoms. The average Bonchev–Trinajstić information content (AvgIpc) is 3.30. The number of carbonyl (C=O) groups excluding carboxylic acids is 2. The molecule has 0 radical (unpaired) electrons. The minimum absolute atomic E-state index is 0.00322. The van der Waals surface area contributed by atoms with Gasteiger partial charge < -0.3 is 14.8 Å². The summed E-state index contributed by atoms with van der Waals surface area (Å²) in [6.07, 6.45) is 1.37. The number of aromatic carboxylic acids is 1. The lowest BCUT2D eigenvalue weighted by molar-refractivity contribution is -0.123. The third-order valence-corrected chi connectivity index (χ3v) is 4.56. The number of nitrogens with zero attached hydrogens (tertiary/aromatic N) is 1. The molecule has 1 saturated heterocycles. The van der Waals surface area contributed by atoms with Gasteiger partial charge in [0.2, 0.25) is 0 Å². The van der Waals surface area contributed by atoms with E-state index in [4.69, 9.17) is 9.52 Å². The summed E-state index contributed by atoms with van der Waals surface area (Å²) in [5.74, 6) is -1.46. The van der Waals surface area contributed by atoms with Crippen LogP contribution in [0, 0.1) is 5.82 Å². The number of rotatable bonds is 5. The second kappa shape index (κ2) is 7.67. The van der Waals surface area contributed by atoms with E-state index >= 15 is 0 Å². The zero-order valence-electron chi connectivity index (χ0n) is 15.5. The number of halogens is 1. The summed E-state index contributed by atoms with van der Waals surface area (Å²) in [5, 5.41) is 11.6. The van der Waals surface area contributed by atoms with Gasteiger partial charge in [-0.15, -0.1) is 0 Å². The fourth-order valence-corrected chi connectivity index (χ4v) is 3.05. The van der Waals surface area contributed by atoms with Crippen molar-refractivity contribution in [3.63, 3.8) is 0 Å². The van der Waals surface area contributed by atoms with Gasteiger partial charge in [0.15, 0.2) is 0 Å². The topological polar surface area (TPSA) is 99.9 Å². The number of carbonyl (C=O) groups is 3. The largest absolute Gasteiger partial charge is 0.478 e. The number of urea groups is 1. The average molecular weight is 406 g/mol. The van der Waals surface area contributed by atoms with Crippen molar-refractivity contribution in [3.05, 3.63) is 89.1 Å². The molecule has 2 heterocycles. The van der Waals surface area contributed by atoms with Crippen LogP contribution in [0.25, 0.3) is 17.4 Å². The molecule has 3 aromatic rings. The first-order valence-electron chi connectivity index (χ1n) is 8.94. The molecule has 7 nitrogen and oxygen atoms in total. The number of imide groups is 1. The van der Waals surface area contributed by atoms with Crippen LogP contribution in [-0.2, 0) is 11.3 Å². The lowest BCUT2D eigenvalue weighted by atomic mass is 10.1. The van der Waals surface area contributed by atoms with Crippen LogP contribution in [0.5, 0.6) is 0 Å². The Morgan fingerprint density at radius 2 is 1.90 bits per heavy atom. The summed E-state index contributed by atoms with van der Waals surface area (Å²) < 4.78 is 19.5. The highest BCUT2D eigenvalue weighted by Crippen LogP contribution is 2.25. The lowest BCUT2D eigenvalue weighted by Gasteiger charge is -2.12. The molecule has 0 aliphatic carbocycles. The van der Waals surface area contributed by atoms with Gasteiger partial charge in [-0.3, -0.25) is 9.69 Å². The molecule has 4 rings (SSSR count). The first-order valence-corrected chi connectivity index (χ1v) is 8.94. The van der Waals surface area contributed by atoms with Crippen molar-refractivity contribution in [1.82, 2.24) is 10.2 Å². The van der Waals surface area contributed by atoms with Gasteiger partial charge in [-0.1, -0.05) is 30.3 Å². The summed E-state index contributed by atoms with van der Waals surface area (Å²) in [4.78, 5) is 36.8. The number of furan rings is 1. The molecule has 1 aromatic heterocycles. The number of hydrogen-bond acceptors (Lipinski definition) is 4. The number of carboxylic acid groups (broad SMARTS) is 1. The lowest BCUT2D eigenvalue weighted by Crippen LogP contribution is -2.30. The van der Waals surface area contributed by atoms with Crippen molar-refractivity contribution >= 4 is 24.0 Å². The van der Waals surface area contributed by atoms with Gasteiger partial charge in [-0.05, 0) is 30.3 Å². The molecule has 1 fully saturated rings. The number of carboxylic acids is 1. The molecule has 0 spiro atoms. The smallest absolute Gasteiger partial charge is 0.335 e. The van der Waals surface area contributed by atoms with E-state index in [0.717, 1.165) is 4.90 Å². The molecule has 1 aliphatic heterocycles. The standard InChI is InChI=1S/C22H15FN2O5/c23-17-7-2-1-4-15(17)12-25-20(26)18(24-22(25)29)11-16-8-9-19(30-16)13-5-3-6-14(10-13)21(27)28/h1-11H,12H2,(H,24,29)(H,27,28)/b18-11-. The Labute approximate surface area is 170 Å². The third-order valence-electron chi connectivity index (χ3n) is 4.56. The molecule has 1 aliphatic rings. The summed E-state index contributed by atoms with van der Waals surface area (Å²) in [6, 6.07) is 14.7. The van der Waals surface area contributed by atoms with E-state index in [2.05, 4.69) is 5.32 Å². The van der Waals surface area contributed by atoms with Crippen LogP contribution in [-0.4, -0.2) is 27.9 Å². The van der Waals surface area contributed by atoms with Crippen molar-refractivity contribution in [2.75, 3.05) is 0 Å². The van der Waals surface area contributed by atoms with Crippen LogP contribution in [0.2, 0.25) is 0 Å². The molecule has 0 bridgehead atoms. The SMILES string of the molecule is O=C(O)c1cccc(-c2ccc(/C=C3\NC(=O)N(Cc4ccccc4F)C3=O)o2)c1. The van der Waals surface area contributed by atoms with Crippen molar-refractivity contribution in [2.45, 2.75) is 6.54 Å². The van der Waals surface area contributed by atoms with Crippen LogP contribution in [0.1, 0.15) is 21.7 Å². The predicted molar refractivity (Wildman–Crippen MR) is 105 cm³/mol. The Hall–Kier alpha value is -4.20. The Morgan fingerprint density at radius 1 is 1.10 bits per heavy atom. The minimum Gasteiger partial charge on any atom is -0.478 e.